The van der Waals surface area contributed by atoms with E-state index in [-0.39, 0.29) is 11.9 Å². The number of hydrogen-bond acceptors (Lipinski definition) is 5. The van der Waals surface area contributed by atoms with Gasteiger partial charge < -0.3 is 14.2 Å². The van der Waals surface area contributed by atoms with Crippen molar-refractivity contribution in [3.8, 4) is 0 Å². The molecule has 0 spiro atoms. The third-order valence-corrected chi connectivity index (χ3v) is 5.80. The molecule has 4 heterocycles. The highest BCUT2D eigenvalue weighted by atomic mass is 32.1. The zero-order valence-corrected chi connectivity index (χ0v) is 15.4. The number of carbonyl (C=O) groups excluding carboxylic acids is 1. The maximum absolute atomic E-state index is 12.4. The van der Waals surface area contributed by atoms with Crippen molar-refractivity contribution in [2.24, 2.45) is 0 Å². The van der Waals surface area contributed by atoms with Crippen LogP contribution in [0.1, 0.15) is 30.0 Å². The van der Waals surface area contributed by atoms with Crippen LogP contribution in [0, 0.1) is 0 Å². The molecule has 0 bridgehead atoms. The summed E-state index contributed by atoms with van der Waals surface area (Å²) in [6, 6.07) is 2.45. The Kier molecular flexibility index (Phi) is 4.87. The summed E-state index contributed by atoms with van der Waals surface area (Å²) in [6.07, 6.45) is 2.45. The first-order valence-corrected chi connectivity index (χ1v) is 9.81. The molecular weight excluding hydrogens is 336 g/mol. The molecule has 2 aliphatic heterocycles. The van der Waals surface area contributed by atoms with Gasteiger partial charge in [-0.2, -0.15) is 11.3 Å². The summed E-state index contributed by atoms with van der Waals surface area (Å²) in [5.74, 6) is 1.23. The number of imidazole rings is 1. The monoisotopic (exact) mass is 360 g/mol. The largest absolute Gasteiger partial charge is 0.378 e. The summed E-state index contributed by atoms with van der Waals surface area (Å²) in [7, 11) is 0. The van der Waals surface area contributed by atoms with E-state index in [1.54, 1.807) is 11.3 Å². The van der Waals surface area contributed by atoms with Crippen LogP contribution in [-0.4, -0.2) is 58.1 Å². The minimum absolute atomic E-state index is 0.154. The minimum atomic E-state index is 0.154. The maximum atomic E-state index is 12.4. The number of thiophene rings is 1. The molecule has 7 heteroatoms. The number of ether oxygens (including phenoxy) is 1. The van der Waals surface area contributed by atoms with Crippen molar-refractivity contribution in [3.05, 3.63) is 40.1 Å². The van der Waals surface area contributed by atoms with Crippen LogP contribution in [0.15, 0.2) is 23.0 Å². The average molecular weight is 360 g/mol. The van der Waals surface area contributed by atoms with Crippen molar-refractivity contribution >= 4 is 17.2 Å². The first kappa shape index (κ1) is 16.8. The van der Waals surface area contributed by atoms with Crippen LogP contribution < -0.4 is 0 Å². The average Bonchev–Trinajstić information content (AvgIpc) is 3.28. The van der Waals surface area contributed by atoms with E-state index in [1.807, 2.05) is 4.90 Å². The fourth-order valence-corrected chi connectivity index (χ4v) is 4.25. The van der Waals surface area contributed by atoms with Gasteiger partial charge >= 0.3 is 0 Å². The van der Waals surface area contributed by atoms with E-state index in [9.17, 15) is 4.79 Å². The Bertz CT molecular complexity index is 722. The van der Waals surface area contributed by atoms with Crippen LogP contribution in [0.5, 0.6) is 0 Å². The van der Waals surface area contributed by atoms with E-state index in [4.69, 9.17) is 9.72 Å². The molecule has 0 N–H and O–H groups in total. The number of aromatic nitrogens is 2. The molecule has 2 aliphatic rings. The number of hydrogen-bond donors (Lipinski definition) is 0. The van der Waals surface area contributed by atoms with Crippen molar-refractivity contribution in [2.75, 3.05) is 32.8 Å². The zero-order valence-electron chi connectivity index (χ0n) is 14.6. The highest BCUT2D eigenvalue weighted by Gasteiger charge is 2.27. The van der Waals surface area contributed by atoms with Gasteiger partial charge in [-0.15, -0.1) is 0 Å². The number of rotatable bonds is 4. The van der Waals surface area contributed by atoms with E-state index < -0.39 is 0 Å². The molecule has 1 fully saturated rings. The summed E-state index contributed by atoms with van der Waals surface area (Å²) < 4.78 is 7.54. The molecule has 1 amide bonds. The van der Waals surface area contributed by atoms with Gasteiger partial charge in [0.2, 0.25) is 5.91 Å². The third-order valence-electron chi connectivity index (χ3n) is 5.07. The second kappa shape index (κ2) is 7.27. The summed E-state index contributed by atoms with van der Waals surface area (Å²) in [4.78, 5) is 21.6. The van der Waals surface area contributed by atoms with Crippen molar-refractivity contribution in [1.82, 2.24) is 19.4 Å². The molecular formula is C18H24N4O2S. The quantitative estimate of drug-likeness (QED) is 0.836. The molecule has 134 valence electrons. The third kappa shape index (κ3) is 3.63. The first-order valence-electron chi connectivity index (χ1n) is 8.87. The molecule has 25 heavy (non-hydrogen) atoms. The van der Waals surface area contributed by atoms with E-state index in [1.165, 1.54) is 5.56 Å². The molecule has 0 radical (unpaired) electrons. The molecule has 2 aromatic rings. The van der Waals surface area contributed by atoms with E-state index in [2.05, 4.69) is 39.4 Å². The molecule has 0 saturated carbocycles. The molecule has 2 aromatic heterocycles. The van der Waals surface area contributed by atoms with Gasteiger partial charge in [0.15, 0.2) is 0 Å². The van der Waals surface area contributed by atoms with E-state index in [0.717, 1.165) is 31.2 Å². The summed E-state index contributed by atoms with van der Waals surface area (Å²) >= 11 is 1.74. The lowest BCUT2D eigenvalue weighted by atomic mass is 10.2. The van der Waals surface area contributed by atoms with Crippen molar-refractivity contribution in [3.63, 3.8) is 0 Å². The Labute approximate surface area is 152 Å². The fourth-order valence-electron chi connectivity index (χ4n) is 3.59. The van der Waals surface area contributed by atoms with E-state index >= 15 is 0 Å². The number of nitrogens with zero attached hydrogens (tertiary/aromatic N) is 4. The fraction of sp³-hybridized carbons (Fsp3) is 0.556. The van der Waals surface area contributed by atoms with Gasteiger partial charge in [-0.25, -0.2) is 4.98 Å². The van der Waals surface area contributed by atoms with Crippen molar-refractivity contribution < 1.29 is 9.53 Å². The van der Waals surface area contributed by atoms with Gasteiger partial charge in [-0.05, 0) is 29.3 Å². The molecule has 1 saturated heterocycles. The Morgan fingerprint density at radius 2 is 2.16 bits per heavy atom. The van der Waals surface area contributed by atoms with Crippen LogP contribution in [0.4, 0.5) is 0 Å². The summed E-state index contributed by atoms with van der Waals surface area (Å²) in [5.41, 5.74) is 2.25. The smallest absolute Gasteiger partial charge is 0.228 e. The lowest BCUT2D eigenvalue weighted by Crippen LogP contribution is -2.41. The SMILES string of the molecule is C[C@H]1c2nc(CC(=O)N3CCOCC3)cn2CCN1Cc1ccsc1. The Morgan fingerprint density at radius 3 is 2.92 bits per heavy atom. The van der Waals surface area contributed by atoms with Crippen LogP contribution >= 0.6 is 11.3 Å². The highest BCUT2D eigenvalue weighted by molar-refractivity contribution is 7.07. The van der Waals surface area contributed by atoms with E-state index in [0.29, 0.717) is 32.7 Å². The number of amides is 1. The Hall–Kier alpha value is -1.70. The molecule has 1 atom stereocenters. The molecule has 0 aromatic carbocycles. The zero-order chi connectivity index (χ0) is 17.2. The second-order valence-corrected chi connectivity index (χ2v) is 7.51. The van der Waals surface area contributed by atoms with Crippen LogP contribution in [0.2, 0.25) is 0 Å². The predicted molar refractivity (Wildman–Crippen MR) is 96.5 cm³/mol. The van der Waals surface area contributed by atoms with Crippen LogP contribution in [0.3, 0.4) is 0 Å². The van der Waals surface area contributed by atoms with Crippen molar-refractivity contribution in [2.45, 2.75) is 32.5 Å². The number of carbonyl (C=O) groups is 1. The van der Waals surface area contributed by atoms with Crippen molar-refractivity contribution in [1.29, 1.82) is 0 Å². The predicted octanol–water partition coefficient (Wildman–Crippen LogP) is 1.92. The molecule has 0 unspecified atom stereocenters. The number of morpholine rings is 1. The maximum Gasteiger partial charge on any atom is 0.228 e. The van der Waals surface area contributed by atoms with Gasteiger partial charge in [-0.3, -0.25) is 9.69 Å². The summed E-state index contributed by atoms with van der Waals surface area (Å²) in [6.45, 7) is 7.77. The lowest BCUT2D eigenvalue weighted by Gasteiger charge is -2.33. The number of fused-ring (bicyclic) bond motifs is 1. The van der Waals surface area contributed by atoms with Gasteiger partial charge in [0.1, 0.15) is 5.82 Å². The topological polar surface area (TPSA) is 50.6 Å². The van der Waals surface area contributed by atoms with Gasteiger partial charge in [0, 0.05) is 38.9 Å². The first-order chi connectivity index (χ1) is 12.2. The van der Waals surface area contributed by atoms with Gasteiger partial charge in [0.05, 0.1) is 31.4 Å². The highest BCUT2D eigenvalue weighted by Crippen LogP contribution is 2.27. The van der Waals surface area contributed by atoms with Gasteiger partial charge in [0.25, 0.3) is 0 Å². The normalized spacial score (nSPS) is 21.3. The molecule has 0 aliphatic carbocycles. The molecule has 6 nitrogen and oxygen atoms in total. The van der Waals surface area contributed by atoms with Crippen LogP contribution in [-0.2, 0) is 29.0 Å². The Balaban J connectivity index is 1.43. The van der Waals surface area contributed by atoms with Gasteiger partial charge in [-0.1, -0.05) is 0 Å². The molecule has 4 rings (SSSR count). The van der Waals surface area contributed by atoms with Crippen LogP contribution in [0.25, 0.3) is 0 Å². The standard InChI is InChI=1S/C18H24N4O2S/c1-14-18-19-16(10-17(23)20-5-7-24-8-6-20)12-22(18)4-3-21(14)11-15-2-9-25-13-15/h2,9,12-14H,3-8,10-11H2,1H3/t14-/m0/s1. The Morgan fingerprint density at radius 1 is 1.32 bits per heavy atom. The summed E-state index contributed by atoms with van der Waals surface area (Å²) in [5, 5.41) is 4.33. The second-order valence-electron chi connectivity index (χ2n) is 6.73. The lowest BCUT2D eigenvalue weighted by molar-refractivity contribution is -0.134. The minimum Gasteiger partial charge on any atom is -0.378 e.